The van der Waals surface area contributed by atoms with E-state index in [0.29, 0.717) is 18.0 Å². The van der Waals surface area contributed by atoms with Crippen molar-refractivity contribution in [2.24, 2.45) is 5.10 Å². The molecule has 0 aliphatic heterocycles. The zero-order chi connectivity index (χ0) is 21.3. The summed E-state index contributed by atoms with van der Waals surface area (Å²) in [5.74, 6) is 0.409. The summed E-state index contributed by atoms with van der Waals surface area (Å²) in [6.07, 6.45) is 1.62. The van der Waals surface area contributed by atoms with Gasteiger partial charge in [-0.1, -0.05) is 24.3 Å². The number of aromatic amines is 1. The van der Waals surface area contributed by atoms with E-state index in [9.17, 15) is 4.79 Å². The van der Waals surface area contributed by atoms with E-state index in [1.54, 1.807) is 12.3 Å². The molecular formula is C23H27N5O2. The maximum atomic E-state index is 12.3. The molecule has 3 rings (SSSR count). The lowest BCUT2D eigenvalue weighted by atomic mass is 10.1. The summed E-state index contributed by atoms with van der Waals surface area (Å²) in [6.45, 7) is 8.71. The number of nitrogens with zero attached hydrogens (tertiary/aromatic N) is 3. The van der Waals surface area contributed by atoms with Gasteiger partial charge in [0.2, 0.25) is 0 Å². The molecule has 0 fully saturated rings. The Labute approximate surface area is 176 Å². The Morgan fingerprint density at radius 1 is 1.13 bits per heavy atom. The fraction of sp³-hybridized carbons (Fsp3) is 0.261. The minimum Gasteiger partial charge on any atom is -0.494 e. The van der Waals surface area contributed by atoms with Crippen LogP contribution in [0, 0.1) is 0 Å². The molecule has 7 heteroatoms. The predicted molar refractivity (Wildman–Crippen MR) is 120 cm³/mol. The van der Waals surface area contributed by atoms with E-state index >= 15 is 0 Å². The first kappa shape index (κ1) is 21.1. The molecule has 0 aliphatic carbocycles. The number of H-pyrrole nitrogens is 1. The highest BCUT2D eigenvalue weighted by Gasteiger charge is 2.11. The topological polar surface area (TPSA) is 82.6 Å². The van der Waals surface area contributed by atoms with Gasteiger partial charge >= 0.3 is 0 Å². The van der Waals surface area contributed by atoms with Gasteiger partial charge in [-0.2, -0.15) is 10.2 Å². The number of hydrogen-bond acceptors (Lipinski definition) is 5. The van der Waals surface area contributed by atoms with Crippen molar-refractivity contribution >= 4 is 17.8 Å². The van der Waals surface area contributed by atoms with Gasteiger partial charge in [0.1, 0.15) is 11.4 Å². The number of aromatic nitrogens is 2. The smallest absolute Gasteiger partial charge is 0.289 e. The third-order valence-electron chi connectivity index (χ3n) is 4.66. The molecule has 1 amide bonds. The van der Waals surface area contributed by atoms with Gasteiger partial charge in [-0.25, -0.2) is 5.43 Å². The normalized spacial score (nSPS) is 10.9. The number of hydrazone groups is 1. The molecular weight excluding hydrogens is 378 g/mol. The Morgan fingerprint density at radius 2 is 1.90 bits per heavy atom. The fourth-order valence-electron chi connectivity index (χ4n) is 3.08. The molecule has 0 bridgehead atoms. The Kier molecular flexibility index (Phi) is 7.21. The summed E-state index contributed by atoms with van der Waals surface area (Å²) >= 11 is 0. The third-order valence-corrected chi connectivity index (χ3v) is 4.66. The van der Waals surface area contributed by atoms with Crippen LogP contribution in [-0.2, 0) is 0 Å². The maximum Gasteiger partial charge on any atom is 0.289 e. The summed E-state index contributed by atoms with van der Waals surface area (Å²) in [4.78, 5) is 14.6. The molecule has 7 nitrogen and oxygen atoms in total. The number of benzene rings is 2. The molecule has 0 saturated carbocycles. The molecule has 0 saturated heterocycles. The highest BCUT2D eigenvalue weighted by atomic mass is 16.5. The molecule has 2 N–H and O–H groups in total. The quantitative estimate of drug-likeness (QED) is 0.415. The van der Waals surface area contributed by atoms with Crippen molar-refractivity contribution in [2.75, 3.05) is 24.6 Å². The summed E-state index contributed by atoms with van der Waals surface area (Å²) in [6, 6.07) is 17.3. The van der Waals surface area contributed by atoms with Crippen LogP contribution >= 0.6 is 0 Å². The Bertz CT molecular complexity index is 991. The molecule has 0 radical (unpaired) electrons. The SMILES string of the molecule is CCOc1cccc(-c2cc(C(=O)N/N=C\c3ccc(N(CC)CC)cc3)[nH]n2)c1. The first-order chi connectivity index (χ1) is 14.6. The first-order valence-electron chi connectivity index (χ1n) is 10.1. The van der Waals surface area contributed by atoms with E-state index in [1.165, 1.54) is 5.69 Å². The lowest BCUT2D eigenvalue weighted by Crippen LogP contribution is -2.21. The third kappa shape index (κ3) is 5.26. The minimum atomic E-state index is -0.356. The van der Waals surface area contributed by atoms with Crippen molar-refractivity contribution in [1.29, 1.82) is 0 Å². The van der Waals surface area contributed by atoms with E-state index < -0.39 is 0 Å². The van der Waals surface area contributed by atoms with Crippen LogP contribution in [0.1, 0.15) is 36.8 Å². The average Bonchev–Trinajstić information content (AvgIpc) is 3.27. The van der Waals surface area contributed by atoms with Crippen molar-refractivity contribution in [3.8, 4) is 17.0 Å². The molecule has 1 aromatic heterocycles. The number of hydrogen-bond donors (Lipinski definition) is 2. The monoisotopic (exact) mass is 405 g/mol. The van der Waals surface area contributed by atoms with Crippen LogP contribution in [0.2, 0.25) is 0 Å². The molecule has 0 spiro atoms. The highest BCUT2D eigenvalue weighted by molar-refractivity contribution is 5.94. The summed E-state index contributed by atoms with van der Waals surface area (Å²) < 4.78 is 5.51. The van der Waals surface area contributed by atoms with Crippen molar-refractivity contribution in [2.45, 2.75) is 20.8 Å². The number of rotatable bonds is 9. The molecule has 0 atom stereocenters. The molecule has 0 unspecified atom stereocenters. The van der Waals surface area contributed by atoms with Gasteiger partial charge in [-0.15, -0.1) is 0 Å². The van der Waals surface area contributed by atoms with Crippen molar-refractivity contribution in [1.82, 2.24) is 15.6 Å². The van der Waals surface area contributed by atoms with E-state index in [4.69, 9.17) is 4.74 Å². The summed E-state index contributed by atoms with van der Waals surface area (Å²) in [7, 11) is 0. The molecule has 30 heavy (non-hydrogen) atoms. The predicted octanol–water partition coefficient (Wildman–Crippen LogP) is 4.09. The van der Waals surface area contributed by atoms with Crippen LogP contribution in [-0.4, -0.2) is 42.0 Å². The fourth-order valence-corrected chi connectivity index (χ4v) is 3.08. The number of carbonyl (C=O) groups is 1. The second-order valence-corrected chi connectivity index (χ2v) is 6.59. The van der Waals surface area contributed by atoms with Crippen molar-refractivity contribution in [3.05, 3.63) is 65.9 Å². The number of ether oxygens (including phenoxy) is 1. The molecule has 2 aromatic carbocycles. The van der Waals surface area contributed by atoms with Gasteiger partial charge in [-0.05, 0) is 56.7 Å². The average molecular weight is 406 g/mol. The Morgan fingerprint density at radius 3 is 2.60 bits per heavy atom. The Hall–Kier alpha value is -3.61. The minimum absolute atomic E-state index is 0.334. The number of anilines is 1. The van der Waals surface area contributed by atoms with Gasteiger partial charge < -0.3 is 9.64 Å². The second-order valence-electron chi connectivity index (χ2n) is 6.59. The zero-order valence-electron chi connectivity index (χ0n) is 17.6. The van der Waals surface area contributed by atoms with Crippen LogP contribution in [0.3, 0.4) is 0 Å². The summed E-state index contributed by atoms with van der Waals surface area (Å²) in [5, 5.41) is 11.0. The second kappa shape index (κ2) is 10.2. The number of carbonyl (C=O) groups excluding carboxylic acids is 1. The standard InChI is InChI=1S/C23H27N5O2/c1-4-28(5-2)19-12-10-17(11-13-19)16-24-27-23(29)22-15-21(25-26-22)18-8-7-9-20(14-18)30-6-3/h7-16H,4-6H2,1-3H3,(H,25,26)(H,27,29)/b24-16-. The van der Waals surface area contributed by atoms with Crippen LogP contribution in [0.15, 0.2) is 59.7 Å². The lowest BCUT2D eigenvalue weighted by Gasteiger charge is -2.20. The lowest BCUT2D eigenvalue weighted by molar-refractivity contribution is 0.0950. The van der Waals surface area contributed by atoms with E-state index in [1.807, 2.05) is 55.5 Å². The van der Waals surface area contributed by atoms with Gasteiger partial charge in [0, 0.05) is 24.3 Å². The van der Waals surface area contributed by atoms with Crippen LogP contribution < -0.4 is 15.1 Å². The van der Waals surface area contributed by atoms with Crippen LogP contribution in [0.4, 0.5) is 5.69 Å². The maximum absolute atomic E-state index is 12.3. The zero-order valence-corrected chi connectivity index (χ0v) is 17.6. The van der Waals surface area contributed by atoms with Crippen LogP contribution in [0.25, 0.3) is 11.3 Å². The van der Waals surface area contributed by atoms with Crippen molar-refractivity contribution < 1.29 is 9.53 Å². The summed E-state index contributed by atoms with van der Waals surface area (Å²) in [5.41, 5.74) is 6.47. The number of nitrogens with one attached hydrogen (secondary N) is 2. The highest BCUT2D eigenvalue weighted by Crippen LogP contribution is 2.22. The Balaban J connectivity index is 1.61. The van der Waals surface area contributed by atoms with E-state index in [0.717, 1.165) is 30.0 Å². The molecule has 156 valence electrons. The first-order valence-corrected chi connectivity index (χ1v) is 10.1. The van der Waals surface area contributed by atoms with Crippen LogP contribution in [0.5, 0.6) is 5.75 Å². The van der Waals surface area contributed by atoms with Gasteiger partial charge in [0.05, 0.1) is 18.5 Å². The number of amides is 1. The van der Waals surface area contributed by atoms with Crippen molar-refractivity contribution in [3.63, 3.8) is 0 Å². The molecule has 3 aromatic rings. The van der Waals surface area contributed by atoms with E-state index in [2.05, 4.69) is 39.5 Å². The largest absolute Gasteiger partial charge is 0.494 e. The molecule has 0 aliphatic rings. The van der Waals surface area contributed by atoms with Gasteiger partial charge in [0.25, 0.3) is 5.91 Å². The molecule has 1 heterocycles. The van der Waals surface area contributed by atoms with Gasteiger partial charge in [-0.3, -0.25) is 9.89 Å². The van der Waals surface area contributed by atoms with E-state index in [-0.39, 0.29) is 5.91 Å². The van der Waals surface area contributed by atoms with Gasteiger partial charge in [0.15, 0.2) is 0 Å².